The van der Waals surface area contributed by atoms with Crippen molar-refractivity contribution in [2.75, 3.05) is 0 Å². The lowest BCUT2D eigenvalue weighted by Crippen LogP contribution is -2.28. The molecule has 5 rings (SSSR count). The van der Waals surface area contributed by atoms with Gasteiger partial charge < -0.3 is 4.57 Å². The molecule has 3 aromatic carbocycles. The molecule has 0 radical (unpaired) electrons. The minimum Gasteiger partial charge on any atom is -0.317 e. The van der Waals surface area contributed by atoms with Gasteiger partial charge in [0.25, 0.3) is 5.91 Å². The molecule has 33 heavy (non-hydrogen) atoms. The summed E-state index contributed by atoms with van der Waals surface area (Å²) in [4.78, 5) is 20.7. The van der Waals surface area contributed by atoms with E-state index in [9.17, 15) is 4.79 Å². The Hall–Kier alpha value is -3.83. The van der Waals surface area contributed by atoms with E-state index in [0.717, 1.165) is 27.7 Å². The molecular formula is C28H23N3OS. The van der Waals surface area contributed by atoms with Crippen LogP contribution in [0.5, 0.6) is 0 Å². The predicted octanol–water partition coefficient (Wildman–Crippen LogP) is 6.15. The Bertz CT molecular complexity index is 1290. The third-order valence-electron chi connectivity index (χ3n) is 5.40. The van der Waals surface area contributed by atoms with Gasteiger partial charge >= 0.3 is 0 Å². The number of carbonyl (C=O) groups excluding carboxylic acids is 1. The van der Waals surface area contributed by atoms with Crippen LogP contribution in [0.3, 0.4) is 0 Å². The summed E-state index contributed by atoms with van der Waals surface area (Å²) < 4.78 is 2.08. The molecule has 1 amide bonds. The van der Waals surface area contributed by atoms with Crippen LogP contribution in [0.25, 0.3) is 11.8 Å². The zero-order chi connectivity index (χ0) is 22.5. The minimum atomic E-state index is -0.0172. The molecule has 2 heterocycles. The number of hydrogen-bond acceptors (Lipinski definition) is 3. The van der Waals surface area contributed by atoms with Crippen LogP contribution in [0.1, 0.15) is 16.8 Å². The molecule has 0 bridgehead atoms. The average Bonchev–Trinajstić information content (AvgIpc) is 3.45. The Kier molecular flexibility index (Phi) is 6.22. The minimum absolute atomic E-state index is 0.0172. The fraction of sp³-hybridized carbons (Fsp3) is 0.0714. The van der Waals surface area contributed by atoms with E-state index in [2.05, 4.69) is 28.8 Å². The number of amidine groups is 1. The highest BCUT2D eigenvalue weighted by molar-refractivity contribution is 8.18. The van der Waals surface area contributed by atoms with Crippen LogP contribution in [0.4, 0.5) is 0 Å². The molecule has 5 heteroatoms. The van der Waals surface area contributed by atoms with Gasteiger partial charge in [-0.1, -0.05) is 78.9 Å². The van der Waals surface area contributed by atoms with Crippen molar-refractivity contribution in [3.05, 3.63) is 131 Å². The second-order valence-corrected chi connectivity index (χ2v) is 8.72. The summed E-state index contributed by atoms with van der Waals surface area (Å²) in [6.45, 7) is 1.03. The molecule has 4 nitrogen and oxygen atoms in total. The molecule has 1 aliphatic heterocycles. The number of aliphatic imine (C=N–C) groups is 1. The van der Waals surface area contributed by atoms with E-state index < -0.39 is 0 Å². The SMILES string of the molecule is O=C1/C(=C/c2cccn2-c2ccccc2)SC(=NCc2ccccc2)N1Cc1ccccc1. The summed E-state index contributed by atoms with van der Waals surface area (Å²) in [5.41, 5.74) is 4.21. The third kappa shape index (κ3) is 4.83. The van der Waals surface area contributed by atoms with Gasteiger partial charge in [0.2, 0.25) is 0 Å². The largest absolute Gasteiger partial charge is 0.317 e. The number of thioether (sulfide) groups is 1. The molecule has 1 aliphatic rings. The van der Waals surface area contributed by atoms with Gasteiger partial charge in [-0.3, -0.25) is 14.7 Å². The highest BCUT2D eigenvalue weighted by Gasteiger charge is 2.33. The summed E-state index contributed by atoms with van der Waals surface area (Å²) >= 11 is 1.44. The molecule has 0 N–H and O–H groups in total. The number of aromatic nitrogens is 1. The van der Waals surface area contributed by atoms with Gasteiger partial charge in [-0.15, -0.1) is 0 Å². The molecule has 0 spiro atoms. The number of amides is 1. The monoisotopic (exact) mass is 449 g/mol. The zero-order valence-corrected chi connectivity index (χ0v) is 18.9. The Morgan fingerprint density at radius 1 is 0.758 bits per heavy atom. The Morgan fingerprint density at radius 3 is 2.09 bits per heavy atom. The fourth-order valence-electron chi connectivity index (χ4n) is 3.74. The number of para-hydroxylation sites is 1. The van der Waals surface area contributed by atoms with Gasteiger partial charge in [0.1, 0.15) is 0 Å². The summed E-state index contributed by atoms with van der Waals surface area (Å²) in [6.07, 6.45) is 3.97. The Balaban J connectivity index is 1.47. The maximum Gasteiger partial charge on any atom is 0.267 e. The number of carbonyl (C=O) groups is 1. The molecule has 0 aliphatic carbocycles. The molecule has 0 atom stereocenters. The van der Waals surface area contributed by atoms with Gasteiger partial charge in [-0.2, -0.15) is 0 Å². The van der Waals surface area contributed by atoms with E-state index in [1.807, 2.05) is 91.1 Å². The van der Waals surface area contributed by atoms with Crippen molar-refractivity contribution in [2.24, 2.45) is 4.99 Å². The lowest BCUT2D eigenvalue weighted by Gasteiger charge is -2.15. The second-order valence-electron chi connectivity index (χ2n) is 7.71. The first-order valence-electron chi connectivity index (χ1n) is 10.8. The van der Waals surface area contributed by atoms with E-state index in [1.165, 1.54) is 11.8 Å². The number of hydrogen-bond donors (Lipinski definition) is 0. The quantitative estimate of drug-likeness (QED) is 0.331. The standard InChI is InChI=1S/C28H23N3OS/c32-27-26(19-25-17-10-18-30(25)24-15-8-3-9-16-24)33-28(29-20-22-11-4-1-5-12-22)31(27)21-23-13-6-2-7-14-23/h1-19H,20-21H2/b26-19-,29-28?. The lowest BCUT2D eigenvalue weighted by molar-refractivity contribution is -0.122. The molecule has 1 saturated heterocycles. The maximum atomic E-state index is 13.5. The summed E-state index contributed by atoms with van der Waals surface area (Å²) in [7, 11) is 0. The molecule has 0 unspecified atom stereocenters. The zero-order valence-electron chi connectivity index (χ0n) is 18.0. The lowest BCUT2D eigenvalue weighted by atomic mass is 10.2. The van der Waals surface area contributed by atoms with Crippen molar-refractivity contribution in [2.45, 2.75) is 13.1 Å². The Labute approximate surface area is 197 Å². The number of benzene rings is 3. The second kappa shape index (κ2) is 9.76. The van der Waals surface area contributed by atoms with Crippen LogP contribution in [-0.4, -0.2) is 20.5 Å². The predicted molar refractivity (Wildman–Crippen MR) is 136 cm³/mol. The first-order chi connectivity index (χ1) is 16.3. The van der Waals surface area contributed by atoms with Crippen LogP contribution in [0, 0.1) is 0 Å². The molecule has 4 aromatic rings. The first kappa shape index (κ1) is 21.0. The van der Waals surface area contributed by atoms with Crippen LogP contribution in [0.15, 0.2) is 119 Å². The van der Waals surface area contributed by atoms with Gasteiger partial charge in [0.15, 0.2) is 5.17 Å². The highest BCUT2D eigenvalue weighted by atomic mass is 32.2. The summed E-state index contributed by atoms with van der Waals surface area (Å²) in [5, 5.41) is 0.733. The van der Waals surface area contributed by atoms with E-state index in [-0.39, 0.29) is 5.91 Å². The smallest absolute Gasteiger partial charge is 0.267 e. The van der Waals surface area contributed by atoms with Gasteiger partial charge in [0, 0.05) is 17.6 Å². The van der Waals surface area contributed by atoms with E-state index in [4.69, 9.17) is 4.99 Å². The molecule has 162 valence electrons. The first-order valence-corrected chi connectivity index (χ1v) is 11.7. The third-order valence-corrected chi connectivity index (χ3v) is 6.45. The van der Waals surface area contributed by atoms with Gasteiger partial charge in [0.05, 0.1) is 18.0 Å². The molecule has 1 aromatic heterocycles. The normalized spacial score (nSPS) is 16.1. The molecule has 0 saturated carbocycles. The van der Waals surface area contributed by atoms with Crippen LogP contribution < -0.4 is 0 Å². The molecule has 1 fully saturated rings. The average molecular weight is 450 g/mol. The van der Waals surface area contributed by atoms with Gasteiger partial charge in [-0.05, 0) is 53.2 Å². The topological polar surface area (TPSA) is 37.6 Å². The highest BCUT2D eigenvalue weighted by Crippen LogP contribution is 2.34. The van der Waals surface area contributed by atoms with Crippen molar-refractivity contribution in [1.29, 1.82) is 0 Å². The van der Waals surface area contributed by atoms with E-state index in [0.29, 0.717) is 18.0 Å². The van der Waals surface area contributed by atoms with Crippen molar-refractivity contribution >= 4 is 28.9 Å². The van der Waals surface area contributed by atoms with E-state index >= 15 is 0 Å². The van der Waals surface area contributed by atoms with E-state index in [1.54, 1.807) is 4.90 Å². The molecular weight excluding hydrogens is 426 g/mol. The maximum absolute atomic E-state index is 13.5. The van der Waals surface area contributed by atoms with Crippen molar-refractivity contribution in [1.82, 2.24) is 9.47 Å². The Morgan fingerprint density at radius 2 is 1.39 bits per heavy atom. The summed E-state index contributed by atoms with van der Waals surface area (Å²) in [5.74, 6) is -0.0172. The van der Waals surface area contributed by atoms with Crippen molar-refractivity contribution in [3.8, 4) is 5.69 Å². The van der Waals surface area contributed by atoms with Gasteiger partial charge in [-0.25, -0.2) is 0 Å². The fourth-order valence-corrected chi connectivity index (χ4v) is 4.70. The van der Waals surface area contributed by atoms with Crippen LogP contribution in [0.2, 0.25) is 0 Å². The van der Waals surface area contributed by atoms with Crippen molar-refractivity contribution < 1.29 is 4.79 Å². The van der Waals surface area contributed by atoms with Crippen molar-refractivity contribution in [3.63, 3.8) is 0 Å². The van der Waals surface area contributed by atoms with Crippen LogP contribution in [-0.2, 0) is 17.9 Å². The van der Waals surface area contributed by atoms with Crippen LogP contribution >= 0.6 is 11.8 Å². The summed E-state index contributed by atoms with van der Waals surface area (Å²) in [6, 6.07) is 34.3. The number of rotatable bonds is 6. The number of nitrogens with zero attached hydrogens (tertiary/aromatic N) is 3.